The van der Waals surface area contributed by atoms with Crippen molar-refractivity contribution < 1.29 is 4.79 Å². The van der Waals surface area contributed by atoms with E-state index in [9.17, 15) is 4.79 Å². The molecule has 0 spiro atoms. The molecule has 1 aromatic carbocycles. The number of nitrogens with one attached hydrogen (secondary N) is 2. The minimum Gasteiger partial charge on any atom is -0.326 e. The lowest BCUT2D eigenvalue weighted by atomic mass is 9.87. The van der Waals surface area contributed by atoms with E-state index < -0.39 is 0 Å². The molecule has 1 aromatic rings. The Bertz CT molecular complexity index is 442. The number of anilines is 1. The van der Waals surface area contributed by atoms with Gasteiger partial charge in [-0.1, -0.05) is 25.5 Å². The standard InChI is InChI=1S/C16H24N2O/c1-3-4-10-17-14-8-9-15-13(11-14)6-5-7-16(15)18-12(2)19/h5-7,14,17H,3-4,8-11H2,1-2H3,(H,18,19). The summed E-state index contributed by atoms with van der Waals surface area (Å²) in [4.78, 5) is 11.2. The minimum absolute atomic E-state index is 0.0107. The lowest BCUT2D eigenvalue weighted by molar-refractivity contribution is -0.114. The van der Waals surface area contributed by atoms with Crippen molar-refractivity contribution in [3.05, 3.63) is 29.3 Å². The summed E-state index contributed by atoms with van der Waals surface area (Å²) in [6.07, 6.45) is 5.77. The van der Waals surface area contributed by atoms with Crippen molar-refractivity contribution >= 4 is 11.6 Å². The Morgan fingerprint density at radius 3 is 3.00 bits per heavy atom. The summed E-state index contributed by atoms with van der Waals surface area (Å²) in [5.74, 6) is 0.0107. The van der Waals surface area contributed by atoms with E-state index >= 15 is 0 Å². The van der Waals surface area contributed by atoms with Gasteiger partial charge < -0.3 is 10.6 Å². The first-order valence-electron chi connectivity index (χ1n) is 7.32. The molecule has 19 heavy (non-hydrogen) atoms. The van der Waals surface area contributed by atoms with Crippen LogP contribution in [0.25, 0.3) is 0 Å². The van der Waals surface area contributed by atoms with Crippen molar-refractivity contribution in [3.8, 4) is 0 Å². The number of rotatable bonds is 5. The molecular weight excluding hydrogens is 236 g/mol. The Kier molecular flexibility index (Phi) is 4.97. The molecule has 1 atom stereocenters. The van der Waals surface area contributed by atoms with E-state index in [1.165, 1.54) is 24.0 Å². The van der Waals surface area contributed by atoms with Gasteiger partial charge in [0, 0.05) is 18.7 Å². The molecule has 0 bridgehead atoms. The monoisotopic (exact) mass is 260 g/mol. The van der Waals surface area contributed by atoms with Crippen LogP contribution in [0.15, 0.2) is 18.2 Å². The number of amides is 1. The highest BCUT2D eigenvalue weighted by Gasteiger charge is 2.20. The average molecular weight is 260 g/mol. The first kappa shape index (κ1) is 14.1. The number of hydrogen-bond acceptors (Lipinski definition) is 2. The van der Waals surface area contributed by atoms with Gasteiger partial charge in [0.1, 0.15) is 0 Å². The second-order valence-electron chi connectivity index (χ2n) is 5.37. The van der Waals surface area contributed by atoms with Crippen LogP contribution in [0.1, 0.15) is 44.2 Å². The van der Waals surface area contributed by atoms with Gasteiger partial charge in [-0.2, -0.15) is 0 Å². The van der Waals surface area contributed by atoms with Gasteiger partial charge in [-0.05, 0) is 49.4 Å². The molecule has 0 radical (unpaired) electrons. The fourth-order valence-corrected chi connectivity index (χ4v) is 2.77. The molecule has 3 nitrogen and oxygen atoms in total. The SMILES string of the molecule is CCCCNC1CCc2c(cccc2NC(C)=O)C1. The van der Waals surface area contributed by atoms with Gasteiger partial charge >= 0.3 is 0 Å². The summed E-state index contributed by atoms with van der Waals surface area (Å²) >= 11 is 0. The predicted molar refractivity (Wildman–Crippen MR) is 79.5 cm³/mol. The zero-order valence-corrected chi connectivity index (χ0v) is 12.0. The molecule has 0 fully saturated rings. The molecule has 1 amide bonds. The van der Waals surface area contributed by atoms with Crippen LogP contribution in [0.2, 0.25) is 0 Å². The highest BCUT2D eigenvalue weighted by molar-refractivity contribution is 5.89. The minimum atomic E-state index is 0.0107. The summed E-state index contributed by atoms with van der Waals surface area (Å²) in [5, 5.41) is 6.58. The molecule has 104 valence electrons. The summed E-state index contributed by atoms with van der Waals surface area (Å²) < 4.78 is 0. The Balaban J connectivity index is 2.03. The molecule has 1 aliphatic carbocycles. The Morgan fingerprint density at radius 2 is 2.26 bits per heavy atom. The fourth-order valence-electron chi connectivity index (χ4n) is 2.77. The first-order valence-corrected chi connectivity index (χ1v) is 7.32. The second-order valence-corrected chi connectivity index (χ2v) is 5.37. The smallest absolute Gasteiger partial charge is 0.221 e. The third kappa shape index (κ3) is 3.80. The van der Waals surface area contributed by atoms with Crippen LogP contribution in [0, 0.1) is 0 Å². The molecule has 2 N–H and O–H groups in total. The van der Waals surface area contributed by atoms with Crippen molar-refractivity contribution in [1.82, 2.24) is 5.32 Å². The molecule has 3 heteroatoms. The Morgan fingerprint density at radius 1 is 1.42 bits per heavy atom. The van der Waals surface area contributed by atoms with E-state index in [4.69, 9.17) is 0 Å². The molecule has 1 aliphatic rings. The summed E-state index contributed by atoms with van der Waals surface area (Å²) in [5.41, 5.74) is 3.70. The van der Waals surface area contributed by atoms with E-state index in [2.05, 4.69) is 23.6 Å². The van der Waals surface area contributed by atoms with Gasteiger partial charge in [-0.3, -0.25) is 4.79 Å². The van der Waals surface area contributed by atoms with Crippen LogP contribution in [-0.2, 0) is 17.6 Å². The second kappa shape index (κ2) is 6.71. The van der Waals surface area contributed by atoms with Gasteiger partial charge in [0.25, 0.3) is 0 Å². The van der Waals surface area contributed by atoms with Gasteiger partial charge in [0.05, 0.1) is 0 Å². The zero-order valence-electron chi connectivity index (χ0n) is 12.0. The van der Waals surface area contributed by atoms with Crippen molar-refractivity contribution in [2.75, 3.05) is 11.9 Å². The molecule has 0 aromatic heterocycles. The maximum absolute atomic E-state index is 11.2. The van der Waals surface area contributed by atoms with Gasteiger partial charge in [0.2, 0.25) is 5.91 Å². The van der Waals surface area contributed by atoms with E-state index in [1.807, 2.05) is 12.1 Å². The molecule has 0 aliphatic heterocycles. The first-order chi connectivity index (χ1) is 9.20. The highest BCUT2D eigenvalue weighted by atomic mass is 16.1. The number of unbranched alkanes of at least 4 members (excludes halogenated alkanes) is 1. The van der Waals surface area contributed by atoms with E-state index in [0.29, 0.717) is 6.04 Å². The van der Waals surface area contributed by atoms with Gasteiger partial charge in [-0.25, -0.2) is 0 Å². The van der Waals surface area contributed by atoms with Crippen molar-refractivity contribution in [3.63, 3.8) is 0 Å². The van der Waals surface area contributed by atoms with Crippen LogP contribution < -0.4 is 10.6 Å². The van der Waals surface area contributed by atoms with Gasteiger partial charge in [-0.15, -0.1) is 0 Å². The van der Waals surface area contributed by atoms with Crippen molar-refractivity contribution in [2.45, 2.75) is 52.0 Å². The zero-order chi connectivity index (χ0) is 13.7. The van der Waals surface area contributed by atoms with Crippen LogP contribution in [-0.4, -0.2) is 18.5 Å². The quantitative estimate of drug-likeness (QED) is 0.799. The number of carbonyl (C=O) groups excluding carboxylic acids is 1. The third-order valence-corrected chi connectivity index (χ3v) is 3.76. The van der Waals surface area contributed by atoms with E-state index in [1.54, 1.807) is 6.92 Å². The average Bonchev–Trinajstić information content (AvgIpc) is 2.38. The van der Waals surface area contributed by atoms with Crippen molar-refractivity contribution in [1.29, 1.82) is 0 Å². The molecule has 0 saturated heterocycles. The number of benzene rings is 1. The van der Waals surface area contributed by atoms with Crippen molar-refractivity contribution in [2.24, 2.45) is 0 Å². The van der Waals surface area contributed by atoms with Crippen LogP contribution >= 0.6 is 0 Å². The van der Waals surface area contributed by atoms with Crippen LogP contribution in [0.4, 0.5) is 5.69 Å². The molecule has 2 rings (SSSR count). The van der Waals surface area contributed by atoms with E-state index in [0.717, 1.165) is 31.5 Å². The maximum atomic E-state index is 11.2. The molecule has 1 unspecified atom stereocenters. The van der Waals surface area contributed by atoms with Crippen LogP contribution in [0.5, 0.6) is 0 Å². The molecular formula is C16H24N2O. The lowest BCUT2D eigenvalue weighted by Crippen LogP contribution is -2.35. The highest BCUT2D eigenvalue weighted by Crippen LogP contribution is 2.28. The number of hydrogen-bond donors (Lipinski definition) is 2. The van der Waals surface area contributed by atoms with E-state index in [-0.39, 0.29) is 5.91 Å². The normalized spacial score (nSPS) is 17.9. The largest absolute Gasteiger partial charge is 0.326 e. The maximum Gasteiger partial charge on any atom is 0.221 e. The summed E-state index contributed by atoms with van der Waals surface area (Å²) in [6.45, 7) is 4.90. The summed E-state index contributed by atoms with van der Waals surface area (Å²) in [6, 6.07) is 6.82. The third-order valence-electron chi connectivity index (χ3n) is 3.76. The fraction of sp³-hybridized carbons (Fsp3) is 0.562. The Labute approximate surface area is 115 Å². The van der Waals surface area contributed by atoms with Crippen LogP contribution in [0.3, 0.4) is 0 Å². The van der Waals surface area contributed by atoms with Gasteiger partial charge in [0.15, 0.2) is 0 Å². The predicted octanol–water partition coefficient (Wildman–Crippen LogP) is 2.89. The topological polar surface area (TPSA) is 41.1 Å². The lowest BCUT2D eigenvalue weighted by Gasteiger charge is -2.27. The molecule has 0 saturated carbocycles. The Hall–Kier alpha value is -1.35. The number of carbonyl (C=O) groups is 1. The molecule has 0 heterocycles. The number of fused-ring (bicyclic) bond motifs is 1. The summed E-state index contributed by atoms with van der Waals surface area (Å²) in [7, 11) is 0.